The lowest BCUT2D eigenvalue weighted by Crippen LogP contribution is -2.42. The van der Waals surface area contributed by atoms with Gasteiger partial charge >= 0.3 is 5.97 Å². The summed E-state index contributed by atoms with van der Waals surface area (Å²) in [5.74, 6) is -1.38. The van der Waals surface area contributed by atoms with Crippen molar-refractivity contribution in [1.29, 1.82) is 0 Å². The van der Waals surface area contributed by atoms with Crippen molar-refractivity contribution in [2.45, 2.75) is 18.9 Å². The summed E-state index contributed by atoms with van der Waals surface area (Å²) in [6.07, 6.45) is 0.850. The van der Waals surface area contributed by atoms with E-state index in [9.17, 15) is 24.8 Å². The Labute approximate surface area is 124 Å². The number of carbonyl (C=O) groups is 2. The van der Waals surface area contributed by atoms with Crippen molar-refractivity contribution in [2.75, 3.05) is 11.9 Å². The van der Waals surface area contributed by atoms with Gasteiger partial charge in [0.1, 0.15) is 0 Å². The highest BCUT2D eigenvalue weighted by Crippen LogP contribution is 2.32. The van der Waals surface area contributed by atoms with E-state index in [4.69, 9.17) is 11.6 Å². The molecule has 1 unspecified atom stereocenters. The molecule has 0 saturated carbocycles. The van der Waals surface area contributed by atoms with E-state index in [0.29, 0.717) is 19.4 Å². The van der Waals surface area contributed by atoms with E-state index >= 15 is 0 Å². The predicted molar refractivity (Wildman–Crippen MR) is 74.7 cm³/mol. The zero-order valence-corrected chi connectivity index (χ0v) is 11.5. The molecule has 1 aromatic carbocycles. The fourth-order valence-corrected chi connectivity index (χ4v) is 2.34. The van der Waals surface area contributed by atoms with E-state index in [2.05, 4.69) is 10.6 Å². The van der Waals surface area contributed by atoms with E-state index in [1.165, 1.54) is 0 Å². The Morgan fingerprint density at radius 2 is 2.24 bits per heavy atom. The molecule has 0 aromatic heterocycles. The normalized spacial score (nSPS) is 18.0. The molecule has 9 heteroatoms. The van der Waals surface area contributed by atoms with Gasteiger partial charge in [-0.05, 0) is 6.42 Å². The molecule has 1 aliphatic heterocycles. The largest absolute Gasteiger partial charge is 0.478 e. The van der Waals surface area contributed by atoms with Gasteiger partial charge in [-0.3, -0.25) is 14.9 Å². The van der Waals surface area contributed by atoms with Crippen molar-refractivity contribution in [3.63, 3.8) is 0 Å². The van der Waals surface area contributed by atoms with E-state index in [-0.39, 0.29) is 33.9 Å². The number of carbonyl (C=O) groups excluding carboxylic acids is 1. The number of non-ortho nitro benzene ring substituents is 1. The molecule has 1 aliphatic rings. The van der Waals surface area contributed by atoms with E-state index in [1.807, 2.05) is 0 Å². The van der Waals surface area contributed by atoms with Crippen molar-refractivity contribution < 1.29 is 19.6 Å². The van der Waals surface area contributed by atoms with Crippen LogP contribution in [0.3, 0.4) is 0 Å². The molecule has 112 valence electrons. The number of hydrogen-bond donors (Lipinski definition) is 3. The molecule has 2 rings (SSSR count). The monoisotopic (exact) mass is 313 g/mol. The van der Waals surface area contributed by atoms with Crippen molar-refractivity contribution in [2.24, 2.45) is 0 Å². The standard InChI is InChI=1S/C12H12ClN3O5/c13-9-4-7(16(20)21)3-8(12(18)19)11(9)15-6-1-2-10(17)14-5-6/h3-4,6,15H,1-2,5H2,(H,14,17)(H,18,19). The second-order valence-corrected chi connectivity index (χ2v) is 5.00. The zero-order valence-electron chi connectivity index (χ0n) is 10.8. The summed E-state index contributed by atoms with van der Waals surface area (Å²) in [6.45, 7) is 0.339. The average Bonchev–Trinajstić information content (AvgIpc) is 2.42. The summed E-state index contributed by atoms with van der Waals surface area (Å²) in [5, 5.41) is 25.5. The van der Waals surface area contributed by atoms with Gasteiger partial charge in [0, 0.05) is 31.1 Å². The van der Waals surface area contributed by atoms with Gasteiger partial charge in [0.25, 0.3) is 5.69 Å². The van der Waals surface area contributed by atoms with Crippen LogP contribution >= 0.6 is 11.6 Å². The Morgan fingerprint density at radius 3 is 2.76 bits per heavy atom. The molecule has 1 saturated heterocycles. The number of piperidine rings is 1. The first kappa shape index (κ1) is 15.0. The molecule has 8 nitrogen and oxygen atoms in total. The highest BCUT2D eigenvalue weighted by atomic mass is 35.5. The van der Waals surface area contributed by atoms with Crippen LogP contribution in [0.2, 0.25) is 5.02 Å². The quantitative estimate of drug-likeness (QED) is 0.574. The molecule has 1 fully saturated rings. The minimum atomic E-state index is -1.32. The molecule has 0 radical (unpaired) electrons. The first-order valence-corrected chi connectivity index (χ1v) is 6.50. The maximum atomic E-state index is 11.3. The van der Waals surface area contributed by atoms with Crippen LogP contribution in [-0.4, -0.2) is 34.5 Å². The van der Waals surface area contributed by atoms with Crippen molar-refractivity contribution in [1.82, 2.24) is 5.32 Å². The minimum Gasteiger partial charge on any atom is -0.478 e. The molecule has 1 aromatic rings. The summed E-state index contributed by atoms with van der Waals surface area (Å²) in [5.41, 5.74) is -0.540. The first-order valence-electron chi connectivity index (χ1n) is 6.13. The molecule has 0 bridgehead atoms. The van der Waals surface area contributed by atoms with Crippen molar-refractivity contribution in [3.05, 3.63) is 32.8 Å². The van der Waals surface area contributed by atoms with E-state index < -0.39 is 10.9 Å². The Bertz CT molecular complexity index is 609. The van der Waals surface area contributed by atoms with Gasteiger partial charge in [-0.25, -0.2) is 4.79 Å². The summed E-state index contributed by atoms with van der Waals surface area (Å²) < 4.78 is 0. The van der Waals surface area contributed by atoms with Crippen LogP contribution < -0.4 is 10.6 Å². The number of halogens is 1. The maximum Gasteiger partial charge on any atom is 0.338 e. The summed E-state index contributed by atoms with van der Waals surface area (Å²) in [7, 11) is 0. The number of carboxylic acid groups (broad SMARTS) is 1. The molecule has 1 amide bonds. The molecule has 1 atom stereocenters. The van der Waals surface area contributed by atoms with Gasteiger partial charge in [-0.2, -0.15) is 0 Å². The SMILES string of the molecule is O=C1CCC(Nc2c(Cl)cc([N+](=O)[O-])cc2C(=O)O)CN1. The Kier molecular flexibility index (Phi) is 4.27. The fourth-order valence-electron chi connectivity index (χ4n) is 2.07. The molecular weight excluding hydrogens is 302 g/mol. The zero-order chi connectivity index (χ0) is 15.6. The van der Waals surface area contributed by atoms with Crippen LogP contribution in [0.25, 0.3) is 0 Å². The van der Waals surface area contributed by atoms with Gasteiger partial charge in [0.15, 0.2) is 0 Å². The van der Waals surface area contributed by atoms with Gasteiger partial charge in [-0.15, -0.1) is 0 Å². The molecule has 3 N–H and O–H groups in total. The first-order chi connectivity index (χ1) is 9.88. The Morgan fingerprint density at radius 1 is 1.52 bits per heavy atom. The van der Waals surface area contributed by atoms with Crippen LogP contribution in [0.5, 0.6) is 0 Å². The van der Waals surface area contributed by atoms with Crippen LogP contribution in [0.15, 0.2) is 12.1 Å². The smallest absolute Gasteiger partial charge is 0.338 e. The number of rotatable bonds is 4. The maximum absolute atomic E-state index is 11.3. The van der Waals surface area contributed by atoms with E-state index in [1.54, 1.807) is 0 Å². The number of anilines is 1. The third-order valence-electron chi connectivity index (χ3n) is 3.13. The second kappa shape index (κ2) is 5.96. The number of hydrogen-bond acceptors (Lipinski definition) is 5. The average molecular weight is 314 g/mol. The van der Waals surface area contributed by atoms with Crippen LogP contribution in [-0.2, 0) is 4.79 Å². The second-order valence-electron chi connectivity index (χ2n) is 4.60. The Balaban J connectivity index is 2.31. The molecule has 1 heterocycles. The number of benzene rings is 1. The third-order valence-corrected chi connectivity index (χ3v) is 3.43. The van der Waals surface area contributed by atoms with Crippen molar-refractivity contribution in [3.8, 4) is 0 Å². The Hall–Kier alpha value is -2.35. The van der Waals surface area contributed by atoms with E-state index in [0.717, 1.165) is 12.1 Å². The molecular formula is C12H12ClN3O5. The lowest BCUT2D eigenvalue weighted by Gasteiger charge is -2.25. The van der Waals surface area contributed by atoms with Gasteiger partial charge < -0.3 is 15.7 Å². The lowest BCUT2D eigenvalue weighted by molar-refractivity contribution is -0.384. The fraction of sp³-hybridized carbons (Fsp3) is 0.333. The van der Waals surface area contributed by atoms with Gasteiger partial charge in [-0.1, -0.05) is 11.6 Å². The highest BCUT2D eigenvalue weighted by Gasteiger charge is 2.24. The van der Waals surface area contributed by atoms with Gasteiger partial charge in [0.05, 0.1) is 21.2 Å². The highest BCUT2D eigenvalue weighted by molar-refractivity contribution is 6.34. The predicted octanol–water partition coefficient (Wildman–Crippen LogP) is 1.64. The third kappa shape index (κ3) is 3.40. The van der Waals surface area contributed by atoms with Crippen LogP contribution in [0.1, 0.15) is 23.2 Å². The van der Waals surface area contributed by atoms with Gasteiger partial charge in [0.2, 0.25) is 5.91 Å². The lowest BCUT2D eigenvalue weighted by atomic mass is 10.1. The van der Waals surface area contributed by atoms with Crippen LogP contribution in [0.4, 0.5) is 11.4 Å². The number of nitro benzene ring substituents is 1. The summed E-state index contributed by atoms with van der Waals surface area (Å²) >= 11 is 5.95. The van der Waals surface area contributed by atoms with Crippen molar-refractivity contribution >= 4 is 34.9 Å². The number of amides is 1. The topological polar surface area (TPSA) is 122 Å². The molecule has 0 aliphatic carbocycles. The number of nitrogens with zero attached hydrogens (tertiary/aromatic N) is 1. The number of aromatic carboxylic acids is 1. The molecule has 21 heavy (non-hydrogen) atoms. The van der Waals surface area contributed by atoms with Crippen LogP contribution in [0, 0.1) is 10.1 Å². The summed E-state index contributed by atoms with van der Waals surface area (Å²) in [6, 6.07) is 1.87. The number of nitrogens with one attached hydrogen (secondary N) is 2. The number of nitro groups is 1. The number of carboxylic acids is 1. The summed E-state index contributed by atoms with van der Waals surface area (Å²) in [4.78, 5) is 32.4. The minimum absolute atomic E-state index is 0.0431. The molecule has 0 spiro atoms.